The van der Waals surface area contributed by atoms with E-state index in [9.17, 15) is 0 Å². The number of benzene rings is 1. The summed E-state index contributed by atoms with van der Waals surface area (Å²) in [5.41, 5.74) is 6.90. The molecule has 0 saturated carbocycles. The lowest BCUT2D eigenvalue weighted by Gasteiger charge is -2.11. The Morgan fingerprint density at radius 1 is 1.29 bits per heavy atom. The van der Waals surface area contributed by atoms with E-state index >= 15 is 0 Å². The van der Waals surface area contributed by atoms with Gasteiger partial charge in [-0.2, -0.15) is 0 Å². The highest BCUT2D eigenvalue weighted by molar-refractivity contribution is 5.30. The Labute approximate surface area is 86.1 Å². The van der Waals surface area contributed by atoms with Crippen LogP contribution in [0.3, 0.4) is 0 Å². The standard InChI is InChI=1S/C12H19NO/c1-9(2)8-14-12-6-4-5-11(7-12)10(3)13/h4-7,9-10H,8,13H2,1-3H3/t10-/m0/s1. The average molecular weight is 193 g/mol. The van der Waals surface area contributed by atoms with Crippen molar-refractivity contribution in [2.75, 3.05) is 6.61 Å². The van der Waals surface area contributed by atoms with E-state index in [1.165, 1.54) is 0 Å². The summed E-state index contributed by atoms with van der Waals surface area (Å²) in [6.07, 6.45) is 0. The summed E-state index contributed by atoms with van der Waals surface area (Å²) in [4.78, 5) is 0. The Bertz CT molecular complexity index is 281. The van der Waals surface area contributed by atoms with Gasteiger partial charge in [0.05, 0.1) is 6.61 Å². The zero-order valence-corrected chi connectivity index (χ0v) is 9.16. The van der Waals surface area contributed by atoms with Gasteiger partial charge in [-0.05, 0) is 30.5 Å². The molecule has 0 fully saturated rings. The molecule has 78 valence electrons. The van der Waals surface area contributed by atoms with Crippen molar-refractivity contribution in [3.05, 3.63) is 29.8 Å². The van der Waals surface area contributed by atoms with Gasteiger partial charge in [-0.1, -0.05) is 26.0 Å². The molecule has 0 aromatic heterocycles. The van der Waals surface area contributed by atoms with Crippen LogP contribution in [0.5, 0.6) is 5.75 Å². The third-order valence-corrected chi connectivity index (χ3v) is 1.97. The maximum atomic E-state index is 5.78. The average Bonchev–Trinajstić information content (AvgIpc) is 2.15. The largest absolute Gasteiger partial charge is 0.493 e. The molecule has 1 atom stereocenters. The van der Waals surface area contributed by atoms with Crippen molar-refractivity contribution < 1.29 is 4.74 Å². The molecular formula is C12H19NO. The summed E-state index contributed by atoms with van der Waals surface area (Å²) < 4.78 is 5.60. The maximum Gasteiger partial charge on any atom is 0.119 e. The summed E-state index contributed by atoms with van der Waals surface area (Å²) in [6, 6.07) is 8.04. The summed E-state index contributed by atoms with van der Waals surface area (Å²) >= 11 is 0. The second-order valence-electron chi connectivity index (χ2n) is 4.07. The molecule has 0 amide bonds. The summed E-state index contributed by atoms with van der Waals surface area (Å²) in [7, 11) is 0. The van der Waals surface area contributed by atoms with E-state index in [0.717, 1.165) is 17.9 Å². The molecular weight excluding hydrogens is 174 g/mol. The van der Waals surface area contributed by atoms with Crippen molar-refractivity contribution in [2.24, 2.45) is 11.7 Å². The Hall–Kier alpha value is -1.02. The number of hydrogen-bond donors (Lipinski definition) is 1. The lowest BCUT2D eigenvalue weighted by Crippen LogP contribution is -2.07. The molecule has 0 radical (unpaired) electrons. The van der Waals surface area contributed by atoms with Gasteiger partial charge < -0.3 is 10.5 Å². The zero-order chi connectivity index (χ0) is 10.6. The van der Waals surface area contributed by atoms with Gasteiger partial charge in [0.1, 0.15) is 5.75 Å². The van der Waals surface area contributed by atoms with Crippen LogP contribution in [0, 0.1) is 5.92 Å². The first-order valence-electron chi connectivity index (χ1n) is 5.08. The molecule has 1 rings (SSSR count). The zero-order valence-electron chi connectivity index (χ0n) is 9.16. The van der Waals surface area contributed by atoms with E-state index in [2.05, 4.69) is 13.8 Å². The Morgan fingerprint density at radius 2 is 2.00 bits per heavy atom. The Balaban J connectivity index is 2.64. The molecule has 2 heteroatoms. The van der Waals surface area contributed by atoms with Crippen LogP contribution in [-0.2, 0) is 0 Å². The molecule has 0 spiro atoms. The number of rotatable bonds is 4. The van der Waals surface area contributed by atoms with Crippen LogP contribution in [0.4, 0.5) is 0 Å². The van der Waals surface area contributed by atoms with E-state index < -0.39 is 0 Å². The van der Waals surface area contributed by atoms with Crippen LogP contribution in [0.2, 0.25) is 0 Å². The van der Waals surface area contributed by atoms with Crippen molar-refractivity contribution in [2.45, 2.75) is 26.8 Å². The van der Waals surface area contributed by atoms with Crippen molar-refractivity contribution in [3.8, 4) is 5.75 Å². The fraction of sp³-hybridized carbons (Fsp3) is 0.500. The summed E-state index contributed by atoms with van der Waals surface area (Å²) in [5, 5.41) is 0. The molecule has 0 aliphatic rings. The monoisotopic (exact) mass is 193 g/mol. The molecule has 1 aromatic carbocycles. The van der Waals surface area contributed by atoms with Crippen molar-refractivity contribution in [1.82, 2.24) is 0 Å². The van der Waals surface area contributed by atoms with Crippen LogP contribution >= 0.6 is 0 Å². The highest BCUT2D eigenvalue weighted by Gasteiger charge is 2.01. The first-order valence-corrected chi connectivity index (χ1v) is 5.08. The molecule has 14 heavy (non-hydrogen) atoms. The molecule has 0 saturated heterocycles. The minimum Gasteiger partial charge on any atom is -0.493 e. The van der Waals surface area contributed by atoms with Gasteiger partial charge in [-0.25, -0.2) is 0 Å². The van der Waals surface area contributed by atoms with Crippen molar-refractivity contribution >= 4 is 0 Å². The van der Waals surface area contributed by atoms with E-state index in [4.69, 9.17) is 10.5 Å². The molecule has 0 aliphatic carbocycles. The van der Waals surface area contributed by atoms with Crippen molar-refractivity contribution in [3.63, 3.8) is 0 Å². The predicted molar refractivity (Wildman–Crippen MR) is 59.4 cm³/mol. The van der Waals surface area contributed by atoms with Crippen LogP contribution in [0.15, 0.2) is 24.3 Å². The lowest BCUT2D eigenvalue weighted by molar-refractivity contribution is 0.270. The van der Waals surface area contributed by atoms with E-state index in [-0.39, 0.29) is 6.04 Å². The lowest BCUT2D eigenvalue weighted by atomic mass is 10.1. The maximum absolute atomic E-state index is 5.78. The third-order valence-electron chi connectivity index (χ3n) is 1.97. The molecule has 2 N–H and O–H groups in total. The van der Waals surface area contributed by atoms with Gasteiger partial charge in [0.2, 0.25) is 0 Å². The molecule has 2 nitrogen and oxygen atoms in total. The number of hydrogen-bond acceptors (Lipinski definition) is 2. The fourth-order valence-electron chi connectivity index (χ4n) is 1.15. The van der Waals surface area contributed by atoms with Gasteiger partial charge in [-0.15, -0.1) is 0 Å². The van der Waals surface area contributed by atoms with Gasteiger partial charge in [0.25, 0.3) is 0 Å². The number of ether oxygens (including phenoxy) is 1. The molecule has 1 aromatic rings. The normalized spacial score (nSPS) is 12.9. The summed E-state index contributed by atoms with van der Waals surface area (Å²) in [6.45, 7) is 6.99. The Morgan fingerprint density at radius 3 is 2.57 bits per heavy atom. The first kappa shape index (κ1) is 11.1. The highest BCUT2D eigenvalue weighted by atomic mass is 16.5. The second-order valence-corrected chi connectivity index (χ2v) is 4.07. The summed E-state index contributed by atoms with van der Waals surface area (Å²) in [5.74, 6) is 1.46. The van der Waals surface area contributed by atoms with Gasteiger partial charge >= 0.3 is 0 Å². The topological polar surface area (TPSA) is 35.2 Å². The minimum absolute atomic E-state index is 0.0672. The molecule has 0 bridgehead atoms. The van der Waals surface area contributed by atoms with E-state index in [1.807, 2.05) is 31.2 Å². The van der Waals surface area contributed by atoms with Crippen molar-refractivity contribution in [1.29, 1.82) is 0 Å². The minimum atomic E-state index is 0.0672. The molecule has 0 heterocycles. The molecule has 0 aliphatic heterocycles. The quantitative estimate of drug-likeness (QED) is 0.798. The van der Waals surface area contributed by atoms with Crippen LogP contribution in [0.1, 0.15) is 32.4 Å². The predicted octanol–water partition coefficient (Wildman–Crippen LogP) is 2.74. The fourth-order valence-corrected chi connectivity index (χ4v) is 1.15. The van der Waals surface area contributed by atoms with E-state index in [0.29, 0.717) is 5.92 Å². The first-order chi connectivity index (χ1) is 6.59. The third kappa shape index (κ3) is 3.38. The van der Waals surface area contributed by atoms with E-state index in [1.54, 1.807) is 0 Å². The number of nitrogens with two attached hydrogens (primary N) is 1. The van der Waals surface area contributed by atoms with Gasteiger partial charge in [0, 0.05) is 6.04 Å². The van der Waals surface area contributed by atoms with Crippen LogP contribution in [-0.4, -0.2) is 6.61 Å². The van der Waals surface area contributed by atoms with Gasteiger partial charge in [0.15, 0.2) is 0 Å². The van der Waals surface area contributed by atoms with Crippen LogP contribution in [0.25, 0.3) is 0 Å². The second kappa shape index (κ2) is 5.01. The van der Waals surface area contributed by atoms with Crippen LogP contribution < -0.4 is 10.5 Å². The van der Waals surface area contributed by atoms with Gasteiger partial charge in [-0.3, -0.25) is 0 Å². The highest BCUT2D eigenvalue weighted by Crippen LogP contribution is 2.17. The molecule has 0 unspecified atom stereocenters. The SMILES string of the molecule is CC(C)COc1cccc([C@H](C)N)c1. The Kier molecular flexibility index (Phi) is 3.96. The smallest absolute Gasteiger partial charge is 0.119 e.